The lowest BCUT2D eigenvalue weighted by molar-refractivity contribution is -0.0578. The molecule has 0 spiro atoms. The summed E-state index contributed by atoms with van der Waals surface area (Å²) in [6.07, 6.45) is -4.46. The topological polar surface area (TPSA) is 21.6 Å². The number of benzene rings is 1. The maximum Gasteiger partial charge on any atom is 0.434 e. The van der Waals surface area contributed by atoms with Crippen molar-refractivity contribution in [2.24, 2.45) is 4.40 Å². The van der Waals surface area contributed by atoms with Gasteiger partial charge in [-0.2, -0.15) is 13.2 Å². The van der Waals surface area contributed by atoms with Crippen molar-refractivity contribution in [3.63, 3.8) is 0 Å². The molecule has 100 valence electrons. The quantitative estimate of drug-likeness (QED) is 0.610. The second-order valence-corrected chi connectivity index (χ2v) is 5.16. The molecule has 18 heavy (non-hydrogen) atoms. The van der Waals surface area contributed by atoms with E-state index < -0.39 is 11.9 Å². The first-order valence-electron chi connectivity index (χ1n) is 5.30. The lowest BCUT2D eigenvalue weighted by Gasteiger charge is -2.11. The Balaban J connectivity index is 3.06. The van der Waals surface area contributed by atoms with Crippen LogP contribution in [0.25, 0.3) is 0 Å². The van der Waals surface area contributed by atoms with Gasteiger partial charge in [-0.1, -0.05) is 13.8 Å². The van der Waals surface area contributed by atoms with E-state index in [1.807, 2.05) is 0 Å². The Morgan fingerprint density at radius 2 is 1.78 bits per heavy atom. The molecule has 0 radical (unpaired) electrons. The van der Waals surface area contributed by atoms with Crippen LogP contribution in [0.2, 0.25) is 0 Å². The van der Waals surface area contributed by atoms with Gasteiger partial charge in [-0.05, 0) is 36.2 Å². The summed E-state index contributed by atoms with van der Waals surface area (Å²) in [6.45, 7) is 3.58. The predicted octanol–water partition coefficient (Wildman–Crippen LogP) is 4.10. The van der Waals surface area contributed by atoms with Crippen LogP contribution in [-0.2, 0) is 0 Å². The minimum atomic E-state index is -4.46. The van der Waals surface area contributed by atoms with Crippen LogP contribution in [0.4, 0.5) is 13.2 Å². The SMILES string of the molecule is COc1ccc(/C(=N/SC(C)C)C(F)(F)F)cc1. The van der Waals surface area contributed by atoms with Gasteiger partial charge in [-0.25, -0.2) is 4.40 Å². The minimum Gasteiger partial charge on any atom is -0.497 e. The first kappa shape index (κ1) is 14.9. The van der Waals surface area contributed by atoms with E-state index in [4.69, 9.17) is 4.74 Å². The zero-order valence-electron chi connectivity index (χ0n) is 10.3. The third-order valence-electron chi connectivity index (χ3n) is 1.99. The van der Waals surface area contributed by atoms with Crippen molar-refractivity contribution in [1.29, 1.82) is 0 Å². The van der Waals surface area contributed by atoms with Crippen LogP contribution < -0.4 is 4.74 Å². The van der Waals surface area contributed by atoms with Crippen LogP contribution in [0.5, 0.6) is 5.75 Å². The van der Waals surface area contributed by atoms with E-state index in [1.165, 1.54) is 31.4 Å². The monoisotopic (exact) mass is 277 g/mol. The van der Waals surface area contributed by atoms with Gasteiger partial charge in [0, 0.05) is 10.8 Å². The summed E-state index contributed by atoms with van der Waals surface area (Å²) >= 11 is 0.908. The Hall–Kier alpha value is -1.17. The van der Waals surface area contributed by atoms with E-state index in [9.17, 15) is 13.2 Å². The van der Waals surface area contributed by atoms with Crippen molar-refractivity contribution in [3.8, 4) is 5.75 Å². The average Bonchev–Trinajstić information content (AvgIpc) is 2.28. The molecule has 1 aromatic rings. The second kappa shape index (κ2) is 6.13. The minimum absolute atomic E-state index is 0.000554. The Kier molecular flexibility index (Phi) is 5.07. The van der Waals surface area contributed by atoms with Gasteiger partial charge >= 0.3 is 6.18 Å². The zero-order chi connectivity index (χ0) is 13.8. The number of alkyl halides is 3. The summed E-state index contributed by atoms with van der Waals surface area (Å²) < 4.78 is 47.1. The summed E-state index contributed by atoms with van der Waals surface area (Å²) in [5, 5.41) is 0.000554. The normalized spacial score (nSPS) is 12.9. The van der Waals surface area contributed by atoms with Gasteiger partial charge in [-0.15, -0.1) is 0 Å². The van der Waals surface area contributed by atoms with Crippen molar-refractivity contribution in [3.05, 3.63) is 29.8 Å². The predicted molar refractivity (Wildman–Crippen MR) is 68.3 cm³/mol. The summed E-state index contributed by atoms with van der Waals surface area (Å²) in [7, 11) is 1.46. The van der Waals surface area contributed by atoms with Crippen LogP contribution in [0.1, 0.15) is 19.4 Å². The molecule has 0 amide bonds. The van der Waals surface area contributed by atoms with Gasteiger partial charge in [0.05, 0.1) is 7.11 Å². The van der Waals surface area contributed by atoms with Crippen LogP contribution in [-0.4, -0.2) is 24.2 Å². The fraction of sp³-hybridized carbons (Fsp3) is 0.417. The molecule has 0 unspecified atom stereocenters. The van der Waals surface area contributed by atoms with E-state index in [1.54, 1.807) is 13.8 Å². The highest BCUT2D eigenvalue weighted by atomic mass is 32.2. The van der Waals surface area contributed by atoms with Crippen LogP contribution in [0.3, 0.4) is 0 Å². The molecule has 0 aliphatic heterocycles. The van der Waals surface area contributed by atoms with Gasteiger partial charge in [0.2, 0.25) is 0 Å². The van der Waals surface area contributed by atoms with Gasteiger partial charge in [0.15, 0.2) is 5.71 Å². The highest BCUT2D eigenvalue weighted by molar-refractivity contribution is 7.98. The van der Waals surface area contributed by atoms with E-state index in [2.05, 4.69) is 4.40 Å². The molecule has 0 heterocycles. The van der Waals surface area contributed by atoms with E-state index in [-0.39, 0.29) is 10.8 Å². The molecule has 1 aromatic carbocycles. The van der Waals surface area contributed by atoms with Gasteiger partial charge in [-0.3, -0.25) is 0 Å². The van der Waals surface area contributed by atoms with Crippen molar-refractivity contribution >= 4 is 17.7 Å². The number of rotatable bonds is 4. The third-order valence-corrected chi connectivity index (χ3v) is 2.70. The molecule has 2 nitrogen and oxygen atoms in total. The maximum atomic E-state index is 12.9. The van der Waals surface area contributed by atoms with Crippen molar-refractivity contribution in [2.45, 2.75) is 25.3 Å². The third kappa shape index (κ3) is 4.25. The number of ether oxygens (including phenoxy) is 1. The van der Waals surface area contributed by atoms with Gasteiger partial charge in [0.25, 0.3) is 0 Å². The maximum absolute atomic E-state index is 12.9. The Bertz CT molecular complexity index is 412. The molecule has 0 bridgehead atoms. The molecule has 0 aromatic heterocycles. The highest BCUT2D eigenvalue weighted by Crippen LogP contribution is 2.27. The number of nitrogens with zero attached hydrogens (tertiary/aromatic N) is 1. The largest absolute Gasteiger partial charge is 0.497 e. The van der Waals surface area contributed by atoms with E-state index >= 15 is 0 Å². The molecular formula is C12H14F3NOS. The summed E-state index contributed by atoms with van der Waals surface area (Å²) in [5.41, 5.74) is -0.833. The Labute approximate surface area is 108 Å². The van der Waals surface area contributed by atoms with Crippen molar-refractivity contribution in [2.75, 3.05) is 7.11 Å². The van der Waals surface area contributed by atoms with Crippen molar-refractivity contribution < 1.29 is 17.9 Å². The summed E-state index contributed by atoms with van der Waals surface area (Å²) in [6, 6.07) is 5.67. The number of methoxy groups -OCH3 is 1. The molecule has 0 N–H and O–H groups in total. The molecule has 6 heteroatoms. The standard InChI is InChI=1S/C12H14F3NOS/c1-8(2)18-16-11(12(13,14)15)9-4-6-10(17-3)7-5-9/h4-8H,1-3H3/b16-11-. The van der Waals surface area contributed by atoms with Gasteiger partial charge < -0.3 is 4.74 Å². The smallest absolute Gasteiger partial charge is 0.434 e. The highest BCUT2D eigenvalue weighted by Gasteiger charge is 2.37. The lowest BCUT2D eigenvalue weighted by atomic mass is 10.1. The molecular weight excluding hydrogens is 263 g/mol. The molecule has 1 rings (SSSR count). The van der Waals surface area contributed by atoms with Gasteiger partial charge in [0.1, 0.15) is 5.75 Å². The van der Waals surface area contributed by atoms with E-state index in [0.29, 0.717) is 5.75 Å². The van der Waals surface area contributed by atoms with Crippen LogP contribution >= 0.6 is 11.9 Å². The fourth-order valence-electron chi connectivity index (χ4n) is 1.18. The fourth-order valence-corrected chi connectivity index (χ4v) is 1.70. The number of halogens is 3. The Morgan fingerprint density at radius 3 is 2.17 bits per heavy atom. The molecule has 0 aliphatic rings. The summed E-state index contributed by atoms with van der Waals surface area (Å²) in [5.74, 6) is 0.511. The molecule has 0 saturated heterocycles. The Morgan fingerprint density at radius 1 is 1.22 bits per heavy atom. The van der Waals surface area contributed by atoms with Crippen molar-refractivity contribution in [1.82, 2.24) is 0 Å². The zero-order valence-corrected chi connectivity index (χ0v) is 11.1. The molecule has 0 saturated carbocycles. The summed E-state index contributed by atoms with van der Waals surface area (Å²) in [4.78, 5) is 0. The number of hydrogen-bond donors (Lipinski definition) is 0. The molecule has 0 atom stereocenters. The van der Waals surface area contributed by atoms with Crippen LogP contribution in [0.15, 0.2) is 28.7 Å². The lowest BCUT2D eigenvalue weighted by Crippen LogP contribution is -2.23. The van der Waals surface area contributed by atoms with Crippen LogP contribution in [0, 0.1) is 0 Å². The first-order chi connectivity index (χ1) is 8.34. The number of hydrogen-bond acceptors (Lipinski definition) is 3. The second-order valence-electron chi connectivity index (χ2n) is 3.82. The first-order valence-corrected chi connectivity index (χ1v) is 6.13. The molecule has 0 fully saturated rings. The van der Waals surface area contributed by atoms with E-state index in [0.717, 1.165) is 11.9 Å². The average molecular weight is 277 g/mol. The molecule has 0 aliphatic carbocycles.